The van der Waals surface area contributed by atoms with E-state index in [-0.39, 0.29) is 27.5 Å². The Kier molecular flexibility index (Phi) is 9.55. The monoisotopic (exact) mass is 504 g/mol. The molecule has 1 heterocycles. The predicted molar refractivity (Wildman–Crippen MR) is 127 cm³/mol. The van der Waals surface area contributed by atoms with Crippen molar-refractivity contribution in [2.24, 2.45) is 0 Å². The molecule has 1 aliphatic heterocycles. The Labute approximate surface area is 204 Å². The van der Waals surface area contributed by atoms with Crippen LogP contribution in [0, 0.1) is 0 Å². The van der Waals surface area contributed by atoms with E-state index in [9.17, 15) is 18.0 Å². The Morgan fingerprint density at radius 1 is 0.857 bits per heavy atom. The average molecular weight is 505 g/mol. The van der Waals surface area contributed by atoms with Gasteiger partial charge in [0, 0.05) is 18.2 Å². The molecule has 0 amide bonds. The lowest BCUT2D eigenvalue weighted by atomic mass is 9.95. The van der Waals surface area contributed by atoms with Gasteiger partial charge in [0.15, 0.2) is 5.78 Å². The first-order valence-corrected chi connectivity index (χ1v) is 12.5. The van der Waals surface area contributed by atoms with Crippen LogP contribution in [-0.2, 0) is 40.1 Å². The largest absolute Gasteiger partial charge is 0.508 e. The second-order valence-corrected chi connectivity index (χ2v) is 9.39. The number of hydrogen-bond donors (Lipinski definition) is 0. The molecule has 0 saturated heterocycles. The Morgan fingerprint density at radius 3 is 2.26 bits per heavy atom. The van der Waals surface area contributed by atoms with Gasteiger partial charge in [0.25, 0.3) is 0 Å². The van der Waals surface area contributed by atoms with E-state index in [1.807, 2.05) is 0 Å². The van der Waals surface area contributed by atoms with Crippen molar-refractivity contribution in [1.82, 2.24) is 0 Å². The van der Waals surface area contributed by atoms with Crippen molar-refractivity contribution in [2.75, 3.05) is 46.8 Å². The van der Waals surface area contributed by atoms with E-state index in [2.05, 4.69) is 0 Å². The smallest absolute Gasteiger partial charge is 0.435 e. The molecule has 1 aliphatic rings. The molecule has 0 radical (unpaired) electrons. The fraction of sp³-hybridized carbons (Fsp3) is 0.360. The fourth-order valence-corrected chi connectivity index (χ4v) is 5.13. The molecular weight excluding hydrogens is 476 g/mol. The molecule has 0 N–H and O–H groups in total. The van der Waals surface area contributed by atoms with Gasteiger partial charge < -0.3 is 23.7 Å². The van der Waals surface area contributed by atoms with Crippen LogP contribution in [0.25, 0.3) is 5.57 Å². The molecule has 10 heteroatoms. The lowest BCUT2D eigenvalue weighted by molar-refractivity contribution is 0.0199. The van der Waals surface area contributed by atoms with E-state index in [0.717, 1.165) is 5.56 Å². The van der Waals surface area contributed by atoms with Crippen molar-refractivity contribution in [3.63, 3.8) is 0 Å². The minimum Gasteiger partial charge on any atom is -0.435 e. The van der Waals surface area contributed by atoms with Gasteiger partial charge in [0.05, 0.1) is 49.4 Å². The molecular formula is C25H28O9S. The average Bonchev–Trinajstić information content (AvgIpc) is 2.85. The van der Waals surface area contributed by atoms with Crippen LogP contribution in [-0.4, -0.2) is 67.1 Å². The number of allylic oxidation sites excluding steroid dienone is 1. The summed E-state index contributed by atoms with van der Waals surface area (Å²) in [6.07, 6.45) is -1.01. The first-order valence-electron chi connectivity index (χ1n) is 11.0. The first-order chi connectivity index (χ1) is 16.9. The number of Topliss-reactive ketones (excluding diaryl/α,β-unsaturated/α-hetero) is 1. The Morgan fingerprint density at radius 2 is 1.54 bits per heavy atom. The van der Waals surface area contributed by atoms with Gasteiger partial charge in [0.2, 0.25) is 9.84 Å². The fourth-order valence-electron chi connectivity index (χ4n) is 3.46. The van der Waals surface area contributed by atoms with Crippen molar-refractivity contribution in [2.45, 2.75) is 18.4 Å². The maximum atomic E-state index is 13.4. The van der Waals surface area contributed by atoms with Crippen LogP contribution in [0.3, 0.4) is 0 Å². The van der Waals surface area contributed by atoms with Gasteiger partial charge in [-0.1, -0.05) is 36.4 Å². The van der Waals surface area contributed by atoms with Crippen LogP contribution in [0.2, 0.25) is 0 Å². The third-order valence-corrected chi connectivity index (χ3v) is 7.06. The van der Waals surface area contributed by atoms with Crippen LogP contribution >= 0.6 is 0 Å². The van der Waals surface area contributed by atoms with Crippen molar-refractivity contribution < 1.29 is 41.7 Å². The zero-order chi connectivity index (χ0) is 25.3. The van der Waals surface area contributed by atoms with Crippen molar-refractivity contribution in [1.29, 1.82) is 0 Å². The number of ketones is 1. The van der Waals surface area contributed by atoms with Gasteiger partial charge in [-0.2, -0.15) is 0 Å². The molecule has 3 rings (SSSR count). The third kappa shape index (κ3) is 6.55. The van der Waals surface area contributed by atoms with Crippen LogP contribution < -0.4 is 0 Å². The van der Waals surface area contributed by atoms with Crippen LogP contribution in [0.1, 0.15) is 28.4 Å². The minimum atomic E-state index is -4.08. The second-order valence-electron chi connectivity index (χ2n) is 7.45. The summed E-state index contributed by atoms with van der Waals surface area (Å²) in [4.78, 5) is 24.7. The molecule has 0 saturated carbocycles. The SMILES string of the molecule is CCOC(=O)OCC1=C(c2ccc(COCCOCCOC)cc2)C(=O)c2ccccc2S1(=O)=O. The van der Waals surface area contributed by atoms with Crippen LogP contribution in [0.5, 0.6) is 0 Å². The second kappa shape index (κ2) is 12.6. The highest BCUT2D eigenvalue weighted by Gasteiger charge is 2.38. The van der Waals surface area contributed by atoms with E-state index in [4.69, 9.17) is 23.7 Å². The summed E-state index contributed by atoms with van der Waals surface area (Å²) < 4.78 is 52.3. The lowest BCUT2D eigenvalue weighted by Crippen LogP contribution is -2.25. The van der Waals surface area contributed by atoms with Gasteiger partial charge in [-0.15, -0.1) is 0 Å². The van der Waals surface area contributed by atoms with E-state index in [1.54, 1.807) is 44.4 Å². The summed E-state index contributed by atoms with van der Waals surface area (Å²) in [6, 6.07) is 12.8. The molecule has 0 atom stereocenters. The number of sulfone groups is 1. The standard InChI is InChI=1S/C25H28O9S/c1-3-33-25(27)34-17-22-23(24(26)20-6-4-5-7-21(20)35(22,28)29)19-10-8-18(9-11-19)16-32-15-14-31-13-12-30-2/h4-11H,3,12-17H2,1-2H3. The predicted octanol–water partition coefficient (Wildman–Crippen LogP) is 3.42. The molecule has 0 spiro atoms. The normalized spacial score (nSPS) is 14.5. The molecule has 0 unspecified atom stereocenters. The van der Waals surface area contributed by atoms with Gasteiger partial charge in [-0.05, 0) is 30.2 Å². The number of carbonyl (C=O) groups is 2. The summed E-state index contributed by atoms with van der Waals surface area (Å²) in [6.45, 7) is 3.22. The molecule has 0 aromatic heterocycles. The van der Waals surface area contributed by atoms with Gasteiger partial charge in [0.1, 0.15) is 6.61 Å². The molecule has 0 aliphatic carbocycles. The number of fused-ring (bicyclic) bond motifs is 1. The number of rotatable bonds is 12. The summed E-state index contributed by atoms with van der Waals surface area (Å²) >= 11 is 0. The lowest BCUT2D eigenvalue weighted by Gasteiger charge is -2.22. The molecule has 35 heavy (non-hydrogen) atoms. The van der Waals surface area contributed by atoms with Crippen molar-refractivity contribution in [3.8, 4) is 0 Å². The number of carbonyl (C=O) groups excluding carboxylic acids is 2. The van der Waals surface area contributed by atoms with E-state index in [0.29, 0.717) is 38.6 Å². The van der Waals surface area contributed by atoms with Crippen molar-refractivity contribution in [3.05, 3.63) is 70.1 Å². The Balaban J connectivity index is 1.83. The van der Waals surface area contributed by atoms with Gasteiger partial charge in [-0.3, -0.25) is 4.79 Å². The molecule has 2 aromatic carbocycles. The molecule has 2 aromatic rings. The highest BCUT2D eigenvalue weighted by Crippen LogP contribution is 2.37. The van der Waals surface area contributed by atoms with Crippen LogP contribution in [0.15, 0.2) is 58.3 Å². The van der Waals surface area contributed by atoms with E-state index in [1.165, 1.54) is 18.2 Å². The highest BCUT2D eigenvalue weighted by atomic mass is 32.2. The molecule has 9 nitrogen and oxygen atoms in total. The summed E-state index contributed by atoms with van der Waals surface area (Å²) in [5.41, 5.74) is 1.26. The summed E-state index contributed by atoms with van der Waals surface area (Å²) in [5.74, 6) is -0.463. The van der Waals surface area contributed by atoms with Crippen molar-refractivity contribution >= 4 is 27.3 Å². The number of benzene rings is 2. The number of methoxy groups -OCH3 is 1. The van der Waals surface area contributed by atoms with Crippen LogP contribution in [0.4, 0.5) is 4.79 Å². The van der Waals surface area contributed by atoms with Gasteiger partial charge >= 0.3 is 6.16 Å². The Hall–Kier alpha value is -3.05. The molecule has 0 bridgehead atoms. The number of hydrogen-bond acceptors (Lipinski definition) is 9. The first kappa shape index (κ1) is 26.6. The minimum absolute atomic E-state index is 0.0352. The summed E-state index contributed by atoms with van der Waals surface area (Å²) in [5, 5.41) is 0. The third-order valence-electron chi connectivity index (χ3n) is 5.15. The van der Waals surface area contributed by atoms with Gasteiger partial charge in [-0.25, -0.2) is 13.2 Å². The zero-order valence-corrected chi connectivity index (χ0v) is 20.5. The quantitative estimate of drug-likeness (QED) is 0.317. The maximum absolute atomic E-state index is 13.4. The molecule has 188 valence electrons. The highest BCUT2D eigenvalue weighted by molar-refractivity contribution is 7.95. The van der Waals surface area contributed by atoms with E-state index < -0.39 is 28.4 Å². The zero-order valence-electron chi connectivity index (χ0n) is 19.7. The van der Waals surface area contributed by atoms with E-state index >= 15 is 0 Å². The molecule has 0 fully saturated rings. The topological polar surface area (TPSA) is 114 Å². The maximum Gasteiger partial charge on any atom is 0.508 e. The summed E-state index contributed by atoms with van der Waals surface area (Å²) in [7, 11) is -2.48. The Bertz CT molecular complexity index is 1170. The number of ether oxygens (including phenoxy) is 5.